The Morgan fingerprint density at radius 1 is 1.05 bits per heavy atom. The van der Waals surface area contributed by atoms with Crippen molar-refractivity contribution in [2.75, 3.05) is 46.8 Å². The van der Waals surface area contributed by atoms with Gasteiger partial charge in [-0.1, -0.05) is 0 Å². The van der Waals surface area contributed by atoms with Crippen LogP contribution in [-0.2, 0) is 4.79 Å². The lowest BCUT2D eigenvalue weighted by molar-refractivity contribution is -0.130. The first kappa shape index (κ1) is 14.8. The summed E-state index contributed by atoms with van der Waals surface area (Å²) in [6.07, 6.45) is 4.99. The van der Waals surface area contributed by atoms with Crippen LogP contribution in [0.2, 0.25) is 0 Å². The van der Waals surface area contributed by atoms with E-state index < -0.39 is 0 Å². The maximum absolute atomic E-state index is 11.3. The Balaban J connectivity index is 1.68. The summed E-state index contributed by atoms with van der Waals surface area (Å²) in [5, 5.41) is 0. The molecule has 0 aromatic rings. The molecule has 0 N–H and O–H groups in total. The number of amides is 1. The highest BCUT2D eigenvalue weighted by Crippen LogP contribution is 2.21. The molecule has 0 aromatic carbocycles. The van der Waals surface area contributed by atoms with Gasteiger partial charge in [0.05, 0.1) is 0 Å². The van der Waals surface area contributed by atoms with E-state index >= 15 is 0 Å². The fourth-order valence-corrected chi connectivity index (χ4v) is 3.41. The minimum Gasteiger partial charge on any atom is -0.343 e. The second-order valence-electron chi connectivity index (χ2n) is 6.44. The lowest BCUT2D eigenvalue weighted by Crippen LogP contribution is -2.45. The van der Waals surface area contributed by atoms with Gasteiger partial charge in [-0.15, -0.1) is 0 Å². The summed E-state index contributed by atoms with van der Waals surface area (Å²) in [5.41, 5.74) is 0. The summed E-state index contributed by atoms with van der Waals surface area (Å²) < 4.78 is 0. The van der Waals surface area contributed by atoms with E-state index in [0.717, 1.165) is 25.0 Å². The molecule has 0 aromatic heterocycles. The van der Waals surface area contributed by atoms with Crippen LogP contribution in [0.5, 0.6) is 0 Å². The molecule has 2 aliphatic heterocycles. The van der Waals surface area contributed by atoms with Crippen molar-refractivity contribution in [1.82, 2.24) is 14.7 Å². The first-order valence-electron chi connectivity index (χ1n) is 7.70. The van der Waals surface area contributed by atoms with Crippen LogP contribution in [0, 0.1) is 5.92 Å². The zero-order valence-electron chi connectivity index (χ0n) is 12.8. The van der Waals surface area contributed by atoms with E-state index in [4.69, 9.17) is 0 Å². The molecule has 0 unspecified atom stereocenters. The lowest BCUT2D eigenvalue weighted by atomic mass is 9.94. The smallest absolute Gasteiger partial charge is 0.219 e. The minimum atomic E-state index is 0.241. The van der Waals surface area contributed by atoms with Gasteiger partial charge < -0.3 is 14.7 Å². The van der Waals surface area contributed by atoms with Gasteiger partial charge in [-0.25, -0.2) is 0 Å². The Labute approximate surface area is 117 Å². The summed E-state index contributed by atoms with van der Waals surface area (Å²) in [4.78, 5) is 18.3. The molecule has 4 nitrogen and oxygen atoms in total. The van der Waals surface area contributed by atoms with E-state index in [1.165, 1.54) is 45.3 Å². The average molecular weight is 267 g/mol. The quantitative estimate of drug-likeness (QED) is 0.770. The van der Waals surface area contributed by atoms with Crippen molar-refractivity contribution < 1.29 is 4.79 Å². The van der Waals surface area contributed by atoms with Crippen LogP contribution in [0.3, 0.4) is 0 Å². The fourth-order valence-electron chi connectivity index (χ4n) is 3.41. The normalized spacial score (nSPS) is 24.1. The third-order valence-corrected chi connectivity index (χ3v) is 4.86. The molecule has 2 rings (SSSR count). The molecule has 0 aliphatic carbocycles. The fraction of sp³-hybridized carbons (Fsp3) is 0.933. The molecule has 0 bridgehead atoms. The van der Waals surface area contributed by atoms with Gasteiger partial charge in [-0.05, 0) is 58.8 Å². The predicted molar refractivity (Wildman–Crippen MR) is 78.1 cm³/mol. The summed E-state index contributed by atoms with van der Waals surface area (Å²) >= 11 is 0. The summed E-state index contributed by atoms with van der Waals surface area (Å²) in [6, 6.07) is 0.774. The highest BCUT2D eigenvalue weighted by molar-refractivity contribution is 5.73. The molecule has 19 heavy (non-hydrogen) atoms. The molecule has 2 fully saturated rings. The Morgan fingerprint density at radius 3 is 2.11 bits per heavy atom. The van der Waals surface area contributed by atoms with E-state index in [2.05, 4.69) is 23.9 Å². The van der Waals surface area contributed by atoms with E-state index in [9.17, 15) is 4.79 Å². The number of carbonyl (C=O) groups excluding carboxylic acids is 1. The van der Waals surface area contributed by atoms with Crippen molar-refractivity contribution in [3.63, 3.8) is 0 Å². The molecule has 4 heteroatoms. The van der Waals surface area contributed by atoms with Crippen LogP contribution in [0.25, 0.3) is 0 Å². The highest BCUT2D eigenvalue weighted by Gasteiger charge is 2.25. The third-order valence-electron chi connectivity index (χ3n) is 4.86. The van der Waals surface area contributed by atoms with Crippen LogP contribution in [0.15, 0.2) is 0 Å². The van der Waals surface area contributed by atoms with Crippen molar-refractivity contribution in [2.45, 2.75) is 38.6 Å². The second kappa shape index (κ2) is 6.71. The number of rotatable bonds is 3. The van der Waals surface area contributed by atoms with Crippen molar-refractivity contribution in [3.8, 4) is 0 Å². The number of nitrogens with zero attached hydrogens (tertiary/aromatic N) is 3. The molecule has 0 atom stereocenters. The molecule has 0 spiro atoms. The van der Waals surface area contributed by atoms with Gasteiger partial charge in [0, 0.05) is 32.6 Å². The largest absolute Gasteiger partial charge is 0.343 e. The summed E-state index contributed by atoms with van der Waals surface area (Å²) in [5.74, 6) is 1.04. The van der Waals surface area contributed by atoms with Crippen LogP contribution < -0.4 is 0 Å². The molecule has 1 amide bonds. The Bertz CT molecular complexity index is 290. The number of piperidine rings is 2. The number of hydrogen-bond donors (Lipinski definition) is 0. The SMILES string of the molecule is CC(=O)N1CCC(CN2CCC(N(C)C)CC2)CC1. The molecular formula is C15H29N3O. The molecule has 0 saturated carbocycles. The highest BCUT2D eigenvalue weighted by atomic mass is 16.2. The van der Waals surface area contributed by atoms with E-state index in [0.29, 0.717) is 0 Å². The van der Waals surface area contributed by atoms with Gasteiger partial charge in [-0.2, -0.15) is 0 Å². The van der Waals surface area contributed by atoms with Gasteiger partial charge in [0.15, 0.2) is 0 Å². The first-order chi connectivity index (χ1) is 9.06. The summed E-state index contributed by atoms with van der Waals surface area (Å²) in [7, 11) is 4.38. The number of hydrogen-bond acceptors (Lipinski definition) is 3. The molecule has 0 radical (unpaired) electrons. The average Bonchev–Trinajstić information content (AvgIpc) is 2.40. The monoisotopic (exact) mass is 267 g/mol. The predicted octanol–water partition coefficient (Wildman–Crippen LogP) is 1.27. The maximum Gasteiger partial charge on any atom is 0.219 e. The van der Waals surface area contributed by atoms with Gasteiger partial charge in [0.1, 0.15) is 0 Å². The van der Waals surface area contributed by atoms with Gasteiger partial charge in [-0.3, -0.25) is 4.79 Å². The van der Waals surface area contributed by atoms with E-state index in [1.54, 1.807) is 6.92 Å². The lowest BCUT2D eigenvalue weighted by Gasteiger charge is -2.39. The van der Waals surface area contributed by atoms with E-state index in [-0.39, 0.29) is 5.91 Å². The Kier molecular flexibility index (Phi) is 5.22. The standard InChI is InChI=1S/C15H29N3O/c1-13(19)18-10-4-14(5-11-18)12-17-8-6-15(7-9-17)16(2)3/h14-15H,4-12H2,1-3H3. The molecule has 2 aliphatic rings. The third kappa shape index (κ3) is 4.18. The molecule has 2 saturated heterocycles. The summed E-state index contributed by atoms with van der Waals surface area (Å²) in [6.45, 7) is 7.35. The maximum atomic E-state index is 11.3. The van der Waals surface area contributed by atoms with Crippen molar-refractivity contribution >= 4 is 5.91 Å². The number of likely N-dealkylation sites (tertiary alicyclic amines) is 2. The van der Waals surface area contributed by atoms with Gasteiger partial charge >= 0.3 is 0 Å². The van der Waals surface area contributed by atoms with Crippen molar-refractivity contribution in [2.24, 2.45) is 5.92 Å². The topological polar surface area (TPSA) is 26.8 Å². The second-order valence-corrected chi connectivity index (χ2v) is 6.44. The first-order valence-corrected chi connectivity index (χ1v) is 7.70. The zero-order chi connectivity index (χ0) is 13.8. The van der Waals surface area contributed by atoms with Crippen LogP contribution in [-0.4, -0.2) is 73.5 Å². The minimum absolute atomic E-state index is 0.241. The Hall–Kier alpha value is -0.610. The van der Waals surface area contributed by atoms with Crippen LogP contribution >= 0.6 is 0 Å². The number of carbonyl (C=O) groups is 1. The van der Waals surface area contributed by atoms with Gasteiger partial charge in [0.25, 0.3) is 0 Å². The van der Waals surface area contributed by atoms with Crippen LogP contribution in [0.4, 0.5) is 0 Å². The van der Waals surface area contributed by atoms with Crippen LogP contribution in [0.1, 0.15) is 32.6 Å². The van der Waals surface area contributed by atoms with Crippen molar-refractivity contribution in [3.05, 3.63) is 0 Å². The molecule has 110 valence electrons. The Morgan fingerprint density at radius 2 is 1.63 bits per heavy atom. The van der Waals surface area contributed by atoms with Gasteiger partial charge in [0.2, 0.25) is 5.91 Å². The van der Waals surface area contributed by atoms with E-state index in [1.807, 2.05) is 4.90 Å². The van der Waals surface area contributed by atoms with Crippen molar-refractivity contribution in [1.29, 1.82) is 0 Å². The molecular weight excluding hydrogens is 238 g/mol. The molecule has 2 heterocycles. The zero-order valence-corrected chi connectivity index (χ0v) is 12.8.